The standard InChI is InChI=1S/C12H15Br2NO4S/c13-9-1-2-11(10(14)7-9)20(17,18)15-8-12(16)3-5-19-6-4-12/h1-2,7,15-16H,3-6,8H2. The Hall–Kier alpha value is 0.01000. The predicted molar refractivity (Wildman–Crippen MR) is 82.0 cm³/mol. The molecule has 0 saturated carbocycles. The highest BCUT2D eigenvalue weighted by molar-refractivity contribution is 9.11. The Labute approximate surface area is 135 Å². The first-order valence-corrected chi connectivity index (χ1v) is 9.14. The molecule has 20 heavy (non-hydrogen) atoms. The van der Waals surface area contributed by atoms with E-state index in [0.29, 0.717) is 30.5 Å². The number of hydrogen-bond donors (Lipinski definition) is 2. The molecule has 5 nitrogen and oxygen atoms in total. The van der Waals surface area contributed by atoms with Crippen molar-refractivity contribution in [1.82, 2.24) is 4.72 Å². The first-order chi connectivity index (χ1) is 9.32. The van der Waals surface area contributed by atoms with Crippen molar-refractivity contribution in [2.24, 2.45) is 0 Å². The maximum atomic E-state index is 12.3. The molecule has 2 N–H and O–H groups in total. The van der Waals surface area contributed by atoms with Gasteiger partial charge in [0, 0.05) is 41.5 Å². The summed E-state index contributed by atoms with van der Waals surface area (Å²) >= 11 is 6.50. The minimum Gasteiger partial charge on any atom is -0.388 e. The average Bonchev–Trinajstić information content (AvgIpc) is 2.37. The van der Waals surface area contributed by atoms with Crippen molar-refractivity contribution in [2.45, 2.75) is 23.3 Å². The highest BCUT2D eigenvalue weighted by atomic mass is 79.9. The average molecular weight is 429 g/mol. The van der Waals surface area contributed by atoms with Crippen LogP contribution in [-0.2, 0) is 14.8 Å². The van der Waals surface area contributed by atoms with Crippen LogP contribution in [0.25, 0.3) is 0 Å². The van der Waals surface area contributed by atoms with Crippen molar-refractivity contribution in [1.29, 1.82) is 0 Å². The quantitative estimate of drug-likeness (QED) is 0.769. The van der Waals surface area contributed by atoms with Crippen molar-refractivity contribution >= 4 is 41.9 Å². The molecule has 0 radical (unpaired) electrons. The Bertz CT molecular complexity index is 585. The molecule has 1 fully saturated rings. The van der Waals surface area contributed by atoms with E-state index < -0.39 is 15.6 Å². The number of sulfonamides is 1. The van der Waals surface area contributed by atoms with Gasteiger partial charge in [-0.25, -0.2) is 13.1 Å². The highest BCUT2D eigenvalue weighted by Crippen LogP contribution is 2.26. The summed E-state index contributed by atoms with van der Waals surface area (Å²) in [5, 5.41) is 10.3. The van der Waals surface area contributed by atoms with Gasteiger partial charge in [0.25, 0.3) is 0 Å². The van der Waals surface area contributed by atoms with E-state index in [9.17, 15) is 13.5 Å². The maximum Gasteiger partial charge on any atom is 0.241 e. The molecule has 0 bridgehead atoms. The normalized spacial score (nSPS) is 18.9. The molecule has 0 aromatic heterocycles. The lowest BCUT2D eigenvalue weighted by molar-refractivity contribution is -0.0588. The van der Waals surface area contributed by atoms with E-state index in [2.05, 4.69) is 36.6 Å². The van der Waals surface area contributed by atoms with Gasteiger partial charge in [-0.05, 0) is 34.1 Å². The van der Waals surface area contributed by atoms with Gasteiger partial charge in [0.1, 0.15) is 0 Å². The molecule has 8 heteroatoms. The Kier molecular flexibility index (Phi) is 5.25. The predicted octanol–water partition coefficient (Wildman–Crippen LogP) is 2.03. The topological polar surface area (TPSA) is 75.6 Å². The van der Waals surface area contributed by atoms with Crippen molar-refractivity contribution in [3.63, 3.8) is 0 Å². The third-order valence-electron chi connectivity index (χ3n) is 3.20. The fourth-order valence-electron chi connectivity index (χ4n) is 1.93. The molecular formula is C12H15Br2NO4S. The van der Waals surface area contributed by atoms with Crippen molar-refractivity contribution in [2.75, 3.05) is 19.8 Å². The Morgan fingerprint density at radius 2 is 1.95 bits per heavy atom. The number of ether oxygens (including phenoxy) is 1. The van der Waals surface area contributed by atoms with Crippen LogP contribution in [0.3, 0.4) is 0 Å². The van der Waals surface area contributed by atoms with Gasteiger partial charge in [-0.2, -0.15) is 0 Å². The zero-order valence-electron chi connectivity index (χ0n) is 10.6. The minimum atomic E-state index is -3.66. The number of halogens is 2. The molecular weight excluding hydrogens is 414 g/mol. The number of rotatable bonds is 4. The van der Waals surface area contributed by atoms with Gasteiger partial charge in [-0.3, -0.25) is 0 Å². The molecule has 2 rings (SSSR count). The van der Waals surface area contributed by atoms with E-state index in [1.165, 1.54) is 6.07 Å². The van der Waals surface area contributed by atoms with E-state index in [-0.39, 0.29) is 11.4 Å². The third-order valence-corrected chi connectivity index (χ3v) is 6.07. The monoisotopic (exact) mass is 427 g/mol. The molecule has 0 unspecified atom stereocenters. The SMILES string of the molecule is O=S(=O)(NCC1(O)CCOCC1)c1ccc(Br)cc1Br. The molecule has 0 atom stereocenters. The summed E-state index contributed by atoms with van der Waals surface area (Å²) in [5.74, 6) is 0. The van der Waals surface area contributed by atoms with Gasteiger partial charge in [-0.1, -0.05) is 15.9 Å². The van der Waals surface area contributed by atoms with Gasteiger partial charge in [0.2, 0.25) is 10.0 Å². The molecule has 0 amide bonds. The summed E-state index contributed by atoms with van der Waals surface area (Å²) in [6.45, 7) is 0.877. The van der Waals surface area contributed by atoms with Gasteiger partial charge in [-0.15, -0.1) is 0 Å². The molecule has 1 saturated heterocycles. The van der Waals surface area contributed by atoms with Crippen LogP contribution in [0.2, 0.25) is 0 Å². The molecule has 0 spiro atoms. The smallest absolute Gasteiger partial charge is 0.241 e. The summed E-state index contributed by atoms with van der Waals surface area (Å²) < 4.78 is 33.4. The number of hydrogen-bond acceptors (Lipinski definition) is 4. The molecule has 1 aromatic rings. The first kappa shape index (κ1) is 16.4. The number of nitrogens with one attached hydrogen (secondary N) is 1. The van der Waals surface area contributed by atoms with Gasteiger partial charge >= 0.3 is 0 Å². The lowest BCUT2D eigenvalue weighted by atomic mass is 9.95. The van der Waals surface area contributed by atoms with E-state index in [0.717, 1.165) is 4.47 Å². The zero-order chi connectivity index (χ0) is 14.8. The first-order valence-electron chi connectivity index (χ1n) is 6.07. The zero-order valence-corrected chi connectivity index (χ0v) is 14.6. The van der Waals surface area contributed by atoms with Gasteiger partial charge in [0.15, 0.2) is 0 Å². The Balaban J connectivity index is 2.11. The Morgan fingerprint density at radius 3 is 2.55 bits per heavy atom. The van der Waals surface area contributed by atoms with Crippen LogP contribution in [0.1, 0.15) is 12.8 Å². The second kappa shape index (κ2) is 6.41. The summed E-state index contributed by atoms with van der Waals surface area (Å²) in [6.07, 6.45) is 0.855. The largest absolute Gasteiger partial charge is 0.388 e. The van der Waals surface area contributed by atoms with Crippen LogP contribution >= 0.6 is 31.9 Å². The molecule has 0 aliphatic carbocycles. The van der Waals surface area contributed by atoms with Gasteiger partial charge < -0.3 is 9.84 Å². The lowest BCUT2D eigenvalue weighted by Gasteiger charge is -2.32. The highest BCUT2D eigenvalue weighted by Gasteiger charge is 2.31. The summed E-state index contributed by atoms with van der Waals surface area (Å²) in [7, 11) is -3.66. The van der Waals surface area contributed by atoms with Crippen LogP contribution in [0.4, 0.5) is 0 Å². The lowest BCUT2D eigenvalue weighted by Crippen LogP contribution is -2.46. The molecule has 1 aliphatic heterocycles. The van der Waals surface area contributed by atoms with E-state index in [1.54, 1.807) is 12.1 Å². The van der Waals surface area contributed by atoms with Crippen LogP contribution in [-0.4, -0.2) is 38.9 Å². The van der Waals surface area contributed by atoms with Crippen LogP contribution < -0.4 is 4.72 Å². The third kappa shape index (κ3) is 4.02. The minimum absolute atomic E-state index is 0.0127. The Morgan fingerprint density at radius 1 is 1.30 bits per heavy atom. The molecule has 1 aromatic carbocycles. The summed E-state index contributed by atoms with van der Waals surface area (Å²) in [4.78, 5) is 0.149. The van der Waals surface area contributed by atoms with Crippen LogP contribution in [0, 0.1) is 0 Å². The van der Waals surface area contributed by atoms with Crippen molar-refractivity contribution < 1.29 is 18.3 Å². The maximum absolute atomic E-state index is 12.3. The fourth-order valence-corrected chi connectivity index (χ4v) is 4.79. The second-order valence-corrected chi connectivity index (χ2v) is 8.24. The molecule has 1 heterocycles. The van der Waals surface area contributed by atoms with E-state index in [4.69, 9.17) is 4.74 Å². The fraction of sp³-hybridized carbons (Fsp3) is 0.500. The van der Waals surface area contributed by atoms with Crippen molar-refractivity contribution in [3.05, 3.63) is 27.1 Å². The van der Waals surface area contributed by atoms with Crippen LogP contribution in [0.15, 0.2) is 32.0 Å². The number of benzene rings is 1. The van der Waals surface area contributed by atoms with Crippen LogP contribution in [0.5, 0.6) is 0 Å². The van der Waals surface area contributed by atoms with Gasteiger partial charge in [0.05, 0.1) is 10.5 Å². The molecule has 1 aliphatic rings. The summed E-state index contributed by atoms with van der Waals surface area (Å²) in [6, 6.07) is 4.82. The van der Waals surface area contributed by atoms with E-state index in [1.807, 2.05) is 0 Å². The van der Waals surface area contributed by atoms with Crippen molar-refractivity contribution in [3.8, 4) is 0 Å². The van der Waals surface area contributed by atoms with E-state index >= 15 is 0 Å². The summed E-state index contributed by atoms with van der Waals surface area (Å²) in [5.41, 5.74) is -1.03. The number of aliphatic hydroxyl groups is 1. The second-order valence-electron chi connectivity index (χ2n) is 4.74. The molecule has 112 valence electrons.